The van der Waals surface area contributed by atoms with Crippen molar-refractivity contribution >= 4 is 5.97 Å². The number of hydrogen-bond acceptors (Lipinski definition) is 2. The van der Waals surface area contributed by atoms with Crippen LogP contribution in [0.4, 0.5) is 0 Å². The Morgan fingerprint density at radius 3 is 2.14 bits per heavy atom. The Labute approximate surface area is 125 Å². The van der Waals surface area contributed by atoms with Gasteiger partial charge in [-0.2, -0.15) is 0 Å². The maximum atomic E-state index is 10.8. The minimum absolute atomic E-state index is 0.538. The van der Waals surface area contributed by atoms with Crippen LogP contribution in [-0.4, -0.2) is 17.1 Å². The van der Waals surface area contributed by atoms with Crippen LogP contribution in [0.1, 0.15) is 23.6 Å². The van der Waals surface area contributed by atoms with Crippen LogP contribution in [0, 0.1) is 13.8 Å². The zero-order chi connectivity index (χ0) is 15.4. The van der Waals surface area contributed by atoms with Crippen molar-refractivity contribution in [3.63, 3.8) is 0 Å². The average Bonchev–Trinajstić information content (AvgIpc) is 2.44. The summed E-state index contributed by atoms with van der Waals surface area (Å²) in [6.07, 6.45) is 0. The molecule has 21 heavy (non-hydrogen) atoms. The molecule has 0 radical (unpaired) electrons. The molecule has 0 saturated carbocycles. The highest BCUT2D eigenvalue weighted by molar-refractivity contribution is 5.72. The molecule has 0 aliphatic carbocycles. The molecule has 0 aliphatic heterocycles. The molecule has 0 aromatic heterocycles. The number of rotatable bonds is 5. The van der Waals surface area contributed by atoms with E-state index in [1.807, 2.05) is 12.1 Å². The molecule has 0 amide bonds. The van der Waals surface area contributed by atoms with Crippen molar-refractivity contribution in [2.75, 3.05) is 0 Å². The van der Waals surface area contributed by atoms with Crippen LogP contribution in [0.3, 0.4) is 0 Å². The fourth-order valence-corrected chi connectivity index (χ4v) is 2.31. The van der Waals surface area contributed by atoms with Gasteiger partial charge in [0.1, 0.15) is 6.04 Å². The highest BCUT2D eigenvalue weighted by Gasteiger charge is 2.09. The Hall–Kier alpha value is -2.13. The number of carboxylic acids is 1. The van der Waals surface area contributed by atoms with E-state index < -0.39 is 12.0 Å². The fourth-order valence-electron chi connectivity index (χ4n) is 2.31. The van der Waals surface area contributed by atoms with E-state index in [0.29, 0.717) is 6.54 Å². The Morgan fingerprint density at radius 1 is 1.05 bits per heavy atom. The summed E-state index contributed by atoms with van der Waals surface area (Å²) in [5.74, 6) is -0.832. The molecule has 0 spiro atoms. The predicted octanol–water partition coefficient (Wildman–Crippen LogP) is 3.53. The van der Waals surface area contributed by atoms with Crippen molar-refractivity contribution in [2.45, 2.75) is 33.4 Å². The summed E-state index contributed by atoms with van der Waals surface area (Å²) in [6, 6.07) is 14.2. The van der Waals surface area contributed by atoms with Gasteiger partial charge in [0.15, 0.2) is 0 Å². The van der Waals surface area contributed by atoms with Crippen LogP contribution in [0.15, 0.2) is 42.5 Å². The van der Waals surface area contributed by atoms with Gasteiger partial charge in [-0.05, 0) is 37.5 Å². The second-order valence-electron chi connectivity index (χ2n) is 5.51. The van der Waals surface area contributed by atoms with Crippen LogP contribution in [0.2, 0.25) is 0 Å². The molecule has 3 heteroatoms. The molecule has 2 aromatic rings. The first-order valence-electron chi connectivity index (χ1n) is 7.09. The predicted molar refractivity (Wildman–Crippen MR) is 85.3 cm³/mol. The third kappa shape index (κ3) is 4.17. The molecule has 0 aliphatic rings. The molecule has 0 heterocycles. The fraction of sp³-hybridized carbons (Fsp3) is 0.278. The molecule has 3 nitrogen and oxygen atoms in total. The van der Waals surface area contributed by atoms with Gasteiger partial charge in [0.05, 0.1) is 0 Å². The number of benzene rings is 2. The van der Waals surface area contributed by atoms with Gasteiger partial charge in [-0.1, -0.05) is 53.6 Å². The Balaban J connectivity index is 2.10. The van der Waals surface area contributed by atoms with Crippen molar-refractivity contribution in [1.82, 2.24) is 5.32 Å². The largest absolute Gasteiger partial charge is 0.480 e. The molecule has 2 rings (SSSR count). The van der Waals surface area contributed by atoms with Gasteiger partial charge < -0.3 is 10.4 Å². The average molecular weight is 283 g/mol. The molecule has 0 saturated heterocycles. The van der Waals surface area contributed by atoms with E-state index in [1.54, 1.807) is 6.92 Å². The van der Waals surface area contributed by atoms with Gasteiger partial charge in [-0.25, -0.2) is 0 Å². The van der Waals surface area contributed by atoms with E-state index in [9.17, 15) is 4.79 Å². The highest BCUT2D eigenvalue weighted by Crippen LogP contribution is 2.22. The second kappa shape index (κ2) is 6.55. The summed E-state index contributed by atoms with van der Waals surface area (Å²) < 4.78 is 0. The number of carboxylic acid groups (broad SMARTS) is 1. The maximum Gasteiger partial charge on any atom is 0.320 e. The van der Waals surface area contributed by atoms with Crippen molar-refractivity contribution in [2.24, 2.45) is 0 Å². The van der Waals surface area contributed by atoms with E-state index >= 15 is 0 Å². The summed E-state index contributed by atoms with van der Waals surface area (Å²) in [4.78, 5) is 10.8. The van der Waals surface area contributed by atoms with Crippen LogP contribution in [0.25, 0.3) is 11.1 Å². The third-order valence-corrected chi connectivity index (χ3v) is 3.49. The Morgan fingerprint density at radius 2 is 1.62 bits per heavy atom. The Bertz CT molecular complexity index is 612. The lowest BCUT2D eigenvalue weighted by Gasteiger charge is -2.10. The monoisotopic (exact) mass is 283 g/mol. The second-order valence-corrected chi connectivity index (χ2v) is 5.51. The molecule has 110 valence electrons. The SMILES string of the molecule is Cc1cc(C)cc(-c2ccc(CN[C@H](C)C(=O)O)cc2)c1. The minimum Gasteiger partial charge on any atom is -0.480 e. The molecule has 0 bridgehead atoms. The zero-order valence-electron chi connectivity index (χ0n) is 12.7. The Kier molecular flexibility index (Phi) is 4.76. The summed E-state index contributed by atoms with van der Waals surface area (Å²) >= 11 is 0. The molecule has 1 atom stereocenters. The first kappa shape index (κ1) is 15.3. The van der Waals surface area contributed by atoms with E-state index in [4.69, 9.17) is 5.11 Å². The first-order valence-corrected chi connectivity index (χ1v) is 7.09. The standard InChI is InChI=1S/C18H21NO2/c1-12-8-13(2)10-17(9-12)16-6-4-15(5-7-16)11-19-14(3)18(20)21/h4-10,14,19H,11H2,1-3H3,(H,20,21)/t14-/m1/s1. The third-order valence-electron chi connectivity index (χ3n) is 3.49. The van der Waals surface area contributed by atoms with Crippen LogP contribution < -0.4 is 5.32 Å². The molecular weight excluding hydrogens is 262 g/mol. The van der Waals surface area contributed by atoms with Crippen LogP contribution >= 0.6 is 0 Å². The van der Waals surface area contributed by atoms with Crippen LogP contribution in [-0.2, 0) is 11.3 Å². The minimum atomic E-state index is -0.832. The van der Waals surface area contributed by atoms with Crippen molar-refractivity contribution in [1.29, 1.82) is 0 Å². The number of aliphatic carboxylic acids is 1. The van der Waals surface area contributed by atoms with E-state index in [1.165, 1.54) is 22.3 Å². The number of carbonyl (C=O) groups is 1. The molecule has 0 fully saturated rings. The van der Waals surface area contributed by atoms with E-state index in [-0.39, 0.29) is 0 Å². The van der Waals surface area contributed by atoms with Crippen molar-refractivity contribution < 1.29 is 9.90 Å². The van der Waals surface area contributed by atoms with Gasteiger partial charge in [-0.3, -0.25) is 4.79 Å². The molecule has 0 unspecified atom stereocenters. The van der Waals surface area contributed by atoms with Gasteiger partial charge in [-0.15, -0.1) is 0 Å². The lowest BCUT2D eigenvalue weighted by molar-refractivity contribution is -0.139. The lowest BCUT2D eigenvalue weighted by atomic mass is 10.00. The number of nitrogens with one attached hydrogen (secondary N) is 1. The summed E-state index contributed by atoms with van der Waals surface area (Å²) in [7, 11) is 0. The summed E-state index contributed by atoms with van der Waals surface area (Å²) in [5, 5.41) is 11.8. The van der Waals surface area contributed by atoms with Gasteiger partial charge in [0, 0.05) is 6.54 Å². The maximum absolute atomic E-state index is 10.8. The normalized spacial score (nSPS) is 12.1. The molecule has 2 aromatic carbocycles. The lowest BCUT2D eigenvalue weighted by Crippen LogP contribution is -2.33. The highest BCUT2D eigenvalue weighted by atomic mass is 16.4. The van der Waals surface area contributed by atoms with Gasteiger partial charge >= 0.3 is 5.97 Å². The summed E-state index contributed by atoms with van der Waals surface area (Å²) in [6.45, 7) is 6.40. The van der Waals surface area contributed by atoms with Crippen LogP contribution in [0.5, 0.6) is 0 Å². The molecule has 2 N–H and O–H groups in total. The summed E-state index contributed by atoms with van der Waals surface area (Å²) in [5.41, 5.74) is 5.98. The topological polar surface area (TPSA) is 49.3 Å². The first-order chi connectivity index (χ1) is 9.95. The van der Waals surface area contributed by atoms with E-state index in [2.05, 4.69) is 49.5 Å². The van der Waals surface area contributed by atoms with Crippen molar-refractivity contribution in [3.05, 3.63) is 59.2 Å². The van der Waals surface area contributed by atoms with Gasteiger partial charge in [0.2, 0.25) is 0 Å². The van der Waals surface area contributed by atoms with Gasteiger partial charge in [0.25, 0.3) is 0 Å². The van der Waals surface area contributed by atoms with E-state index in [0.717, 1.165) is 5.56 Å². The van der Waals surface area contributed by atoms with Crippen molar-refractivity contribution in [3.8, 4) is 11.1 Å². The molecular formula is C18H21NO2. The number of aryl methyl sites for hydroxylation is 2. The quantitative estimate of drug-likeness (QED) is 0.882. The zero-order valence-corrected chi connectivity index (χ0v) is 12.7. The smallest absolute Gasteiger partial charge is 0.320 e. The number of hydrogen-bond donors (Lipinski definition) is 2.